The molecule has 32 heavy (non-hydrogen) atoms. The average Bonchev–Trinajstić information content (AvgIpc) is 2.82. The summed E-state index contributed by atoms with van der Waals surface area (Å²) >= 11 is 0. The van der Waals surface area contributed by atoms with Crippen LogP contribution in [0.15, 0.2) is 88.6 Å². The molecule has 0 unspecified atom stereocenters. The van der Waals surface area contributed by atoms with Crippen molar-refractivity contribution in [3.05, 3.63) is 116 Å². The summed E-state index contributed by atoms with van der Waals surface area (Å²) in [6.45, 7) is -0.0533. The van der Waals surface area contributed by atoms with Crippen LogP contribution in [0.5, 0.6) is 0 Å². The molecule has 3 aromatic heterocycles. The van der Waals surface area contributed by atoms with Crippen LogP contribution >= 0.6 is 0 Å². The summed E-state index contributed by atoms with van der Waals surface area (Å²) in [7, 11) is 0. The maximum Gasteiger partial charge on any atom is 0.337 e. The van der Waals surface area contributed by atoms with Gasteiger partial charge in [0.1, 0.15) is 0 Å². The Morgan fingerprint density at radius 3 is 2.62 bits per heavy atom. The highest BCUT2D eigenvalue weighted by Gasteiger charge is 2.17. The second-order valence-corrected chi connectivity index (χ2v) is 7.16. The van der Waals surface area contributed by atoms with Crippen molar-refractivity contribution in [2.75, 3.05) is 0 Å². The number of hydrogen-bond donors (Lipinski definition) is 0. The summed E-state index contributed by atoms with van der Waals surface area (Å²) in [5.41, 5.74) is 0.328. The molecule has 0 N–H and O–H groups in total. The molecular weight excluding hydrogens is 410 g/mol. The molecule has 0 saturated carbocycles. The van der Waals surface area contributed by atoms with Crippen LogP contribution in [0.25, 0.3) is 27.6 Å². The van der Waals surface area contributed by atoms with Gasteiger partial charge in [-0.05, 0) is 30.3 Å². The molecule has 156 valence electrons. The number of pyridine rings is 2. The molecular formula is C23H15N5O4. The Morgan fingerprint density at radius 1 is 0.938 bits per heavy atom. The van der Waals surface area contributed by atoms with E-state index >= 15 is 0 Å². The predicted octanol–water partition coefficient (Wildman–Crippen LogP) is 3.05. The van der Waals surface area contributed by atoms with Gasteiger partial charge in [-0.25, -0.2) is 14.3 Å². The van der Waals surface area contributed by atoms with E-state index in [4.69, 9.17) is 0 Å². The number of para-hydroxylation sites is 1. The number of nitro benzene ring substituents is 1. The average molecular weight is 425 g/mol. The van der Waals surface area contributed by atoms with E-state index in [2.05, 4.69) is 9.97 Å². The zero-order valence-corrected chi connectivity index (χ0v) is 16.6. The third kappa shape index (κ3) is 3.21. The van der Waals surface area contributed by atoms with Gasteiger partial charge < -0.3 is 0 Å². The molecule has 0 aliphatic heterocycles. The van der Waals surface area contributed by atoms with Crippen molar-refractivity contribution in [3.8, 4) is 5.69 Å². The first-order valence-corrected chi connectivity index (χ1v) is 9.73. The largest absolute Gasteiger partial charge is 0.337 e. The summed E-state index contributed by atoms with van der Waals surface area (Å²) < 4.78 is 2.28. The van der Waals surface area contributed by atoms with E-state index in [1.165, 1.54) is 29.0 Å². The molecule has 3 heterocycles. The third-order valence-electron chi connectivity index (χ3n) is 5.17. The molecule has 5 aromatic rings. The van der Waals surface area contributed by atoms with E-state index in [0.29, 0.717) is 5.69 Å². The van der Waals surface area contributed by atoms with Gasteiger partial charge in [-0.3, -0.25) is 24.5 Å². The molecule has 0 spiro atoms. The van der Waals surface area contributed by atoms with Crippen LogP contribution in [-0.2, 0) is 6.54 Å². The van der Waals surface area contributed by atoms with Crippen LogP contribution < -0.4 is 11.2 Å². The van der Waals surface area contributed by atoms with Gasteiger partial charge in [0.05, 0.1) is 33.8 Å². The number of nitro groups is 1. The molecule has 0 radical (unpaired) electrons. The molecule has 9 nitrogen and oxygen atoms in total. The van der Waals surface area contributed by atoms with Gasteiger partial charge in [0.25, 0.3) is 11.2 Å². The van der Waals surface area contributed by atoms with Crippen LogP contribution in [0.4, 0.5) is 5.69 Å². The van der Waals surface area contributed by atoms with Gasteiger partial charge in [0.2, 0.25) is 0 Å². The maximum absolute atomic E-state index is 13.4. The van der Waals surface area contributed by atoms with Crippen LogP contribution in [0, 0.1) is 10.1 Å². The first-order chi connectivity index (χ1) is 15.5. The minimum Gasteiger partial charge on any atom is -0.268 e. The highest BCUT2D eigenvalue weighted by molar-refractivity contribution is 5.78. The second kappa shape index (κ2) is 7.55. The van der Waals surface area contributed by atoms with Gasteiger partial charge in [0.15, 0.2) is 5.65 Å². The maximum atomic E-state index is 13.4. The minimum atomic E-state index is -0.656. The quantitative estimate of drug-likeness (QED) is 0.323. The van der Waals surface area contributed by atoms with E-state index in [1.54, 1.807) is 24.3 Å². The van der Waals surface area contributed by atoms with E-state index in [9.17, 15) is 19.7 Å². The SMILES string of the molecule is O=c1c2cccnc2n(-c2cccc([N+](=O)[O-])c2)c(=O)n1Cc1ccc2ccccc2n1. The smallest absolute Gasteiger partial charge is 0.268 e. The van der Waals surface area contributed by atoms with Gasteiger partial charge in [-0.15, -0.1) is 0 Å². The van der Waals surface area contributed by atoms with Crippen molar-refractivity contribution in [1.82, 2.24) is 19.1 Å². The fourth-order valence-electron chi connectivity index (χ4n) is 3.66. The lowest BCUT2D eigenvalue weighted by Gasteiger charge is -2.13. The number of rotatable bonds is 4. The van der Waals surface area contributed by atoms with E-state index in [1.807, 2.05) is 30.3 Å². The lowest BCUT2D eigenvalue weighted by Crippen LogP contribution is -2.40. The highest BCUT2D eigenvalue weighted by Crippen LogP contribution is 2.18. The first-order valence-electron chi connectivity index (χ1n) is 9.73. The molecule has 0 bridgehead atoms. The number of hydrogen-bond acceptors (Lipinski definition) is 6. The van der Waals surface area contributed by atoms with Crippen LogP contribution in [0.3, 0.4) is 0 Å². The Balaban J connectivity index is 1.75. The van der Waals surface area contributed by atoms with Gasteiger partial charge in [-0.1, -0.05) is 30.3 Å². The summed E-state index contributed by atoms with van der Waals surface area (Å²) in [5, 5.41) is 12.4. The van der Waals surface area contributed by atoms with Crippen molar-refractivity contribution in [3.63, 3.8) is 0 Å². The molecule has 2 aromatic carbocycles. The van der Waals surface area contributed by atoms with E-state index in [-0.39, 0.29) is 29.0 Å². The van der Waals surface area contributed by atoms with Crippen molar-refractivity contribution in [1.29, 1.82) is 0 Å². The van der Waals surface area contributed by atoms with Crippen LogP contribution in [-0.4, -0.2) is 24.0 Å². The van der Waals surface area contributed by atoms with Gasteiger partial charge >= 0.3 is 5.69 Å². The Hall–Kier alpha value is -4.66. The summed E-state index contributed by atoms with van der Waals surface area (Å²) in [6, 6.07) is 20.0. The molecule has 0 amide bonds. The number of fused-ring (bicyclic) bond motifs is 2. The number of benzene rings is 2. The molecule has 0 saturated heterocycles. The van der Waals surface area contributed by atoms with Gasteiger partial charge in [0, 0.05) is 23.7 Å². The normalized spacial score (nSPS) is 11.1. The van der Waals surface area contributed by atoms with Crippen molar-refractivity contribution < 1.29 is 4.92 Å². The first kappa shape index (κ1) is 19.3. The molecule has 0 fully saturated rings. The van der Waals surface area contributed by atoms with E-state index in [0.717, 1.165) is 15.5 Å². The fraction of sp³-hybridized carbons (Fsp3) is 0.0435. The zero-order chi connectivity index (χ0) is 22.2. The van der Waals surface area contributed by atoms with Crippen molar-refractivity contribution in [2.45, 2.75) is 6.54 Å². The lowest BCUT2D eigenvalue weighted by molar-refractivity contribution is -0.384. The van der Waals surface area contributed by atoms with Crippen molar-refractivity contribution >= 4 is 27.6 Å². The Kier molecular flexibility index (Phi) is 4.55. The highest BCUT2D eigenvalue weighted by atomic mass is 16.6. The van der Waals surface area contributed by atoms with Gasteiger partial charge in [-0.2, -0.15) is 0 Å². The monoisotopic (exact) mass is 425 g/mol. The number of nitrogens with zero attached hydrogens (tertiary/aromatic N) is 5. The summed E-state index contributed by atoms with van der Waals surface area (Å²) in [6.07, 6.45) is 1.46. The predicted molar refractivity (Wildman–Crippen MR) is 119 cm³/mol. The van der Waals surface area contributed by atoms with Crippen LogP contribution in [0.2, 0.25) is 0 Å². The van der Waals surface area contributed by atoms with Crippen LogP contribution in [0.1, 0.15) is 5.69 Å². The molecule has 9 heteroatoms. The summed E-state index contributed by atoms with van der Waals surface area (Å²) in [4.78, 5) is 46.1. The minimum absolute atomic E-state index is 0.0533. The molecule has 0 aliphatic carbocycles. The Labute approximate surface area is 180 Å². The number of aromatic nitrogens is 4. The lowest BCUT2D eigenvalue weighted by atomic mass is 10.2. The number of non-ortho nitro benzene ring substituents is 1. The van der Waals surface area contributed by atoms with E-state index < -0.39 is 16.2 Å². The standard InChI is InChI=1S/C23H15N5O4/c29-22-19-8-4-12-24-21(19)27(17-6-3-7-18(13-17)28(31)32)23(30)26(22)14-16-11-10-15-5-1-2-9-20(15)25-16/h1-13H,14H2. The third-order valence-corrected chi connectivity index (χ3v) is 5.17. The molecule has 5 rings (SSSR count). The second-order valence-electron chi connectivity index (χ2n) is 7.16. The zero-order valence-electron chi connectivity index (χ0n) is 16.6. The molecule has 0 atom stereocenters. The topological polar surface area (TPSA) is 113 Å². The summed E-state index contributed by atoms with van der Waals surface area (Å²) in [5.74, 6) is 0. The fourth-order valence-corrected chi connectivity index (χ4v) is 3.66. The molecule has 0 aliphatic rings. The Bertz CT molecular complexity index is 1640. The Morgan fingerprint density at radius 2 is 1.78 bits per heavy atom. The van der Waals surface area contributed by atoms with Crippen molar-refractivity contribution in [2.24, 2.45) is 0 Å².